The highest BCUT2D eigenvalue weighted by atomic mass is 19.1. The summed E-state index contributed by atoms with van der Waals surface area (Å²) < 4.78 is 12.6. The molecule has 4 heteroatoms. The minimum absolute atomic E-state index is 0.0115. The molecular weight excluding hydrogens is 209 g/mol. The van der Waals surface area contributed by atoms with Crippen LogP contribution in [0.15, 0.2) is 24.3 Å². The van der Waals surface area contributed by atoms with E-state index in [0.29, 0.717) is 13.0 Å². The van der Waals surface area contributed by atoms with Crippen LogP contribution in [0.1, 0.15) is 18.4 Å². The number of nitrogens with two attached hydrogens (primary N) is 1. The highest BCUT2D eigenvalue weighted by Crippen LogP contribution is 2.13. The second kappa shape index (κ2) is 6.23. The quantitative estimate of drug-likeness (QED) is 0.776. The van der Waals surface area contributed by atoms with Crippen LogP contribution in [0.25, 0.3) is 0 Å². The number of benzene rings is 1. The molecule has 0 aliphatic heterocycles. The number of aliphatic carboxylic acids is 1. The molecule has 3 N–H and O–H groups in total. The average molecular weight is 225 g/mol. The second-order valence-corrected chi connectivity index (χ2v) is 3.86. The van der Waals surface area contributed by atoms with Gasteiger partial charge in [-0.2, -0.15) is 0 Å². The van der Waals surface area contributed by atoms with Crippen molar-refractivity contribution >= 4 is 5.97 Å². The van der Waals surface area contributed by atoms with Gasteiger partial charge in [-0.1, -0.05) is 12.1 Å². The van der Waals surface area contributed by atoms with E-state index in [-0.39, 0.29) is 18.2 Å². The third kappa shape index (κ3) is 4.40. The molecule has 0 aromatic heterocycles. The molecular formula is C12H16FNO2. The lowest BCUT2D eigenvalue weighted by Gasteiger charge is -2.11. The first kappa shape index (κ1) is 12.6. The zero-order chi connectivity index (χ0) is 12.0. The maximum absolute atomic E-state index is 12.6. The summed E-state index contributed by atoms with van der Waals surface area (Å²) in [4.78, 5) is 10.5. The number of hydrogen-bond acceptors (Lipinski definition) is 2. The van der Waals surface area contributed by atoms with E-state index in [9.17, 15) is 9.18 Å². The van der Waals surface area contributed by atoms with Gasteiger partial charge < -0.3 is 10.8 Å². The predicted molar refractivity (Wildman–Crippen MR) is 59.5 cm³/mol. The Labute approximate surface area is 94.1 Å². The number of rotatable bonds is 6. The van der Waals surface area contributed by atoms with Gasteiger partial charge in [-0.25, -0.2) is 4.39 Å². The van der Waals surface area contributed by atoms with Gasteiger partial charge in [0.2, 0.25) is 0 Å². The van der Waals surface area contributed by atoms with Gasteiger partial charge in [-0.15, -0.1) is 0 Å². The van der Waals surface area contributed by atoms with Gasteiger partial charge in [0.1, 0.15) is 5.82 Å². The van der Waals surface area contributed by atoms with Gasteiger partial charge in [0, 0.05) is 6.42 Å². The zero-order valence-electron chi connectivity index (χ0n) is 9.03. The maximum Gasteiger partial charge on any atom is 0.303 e. The molecule has 0 spiro atoms. The molecule has 1 atom stereocenters. The molecule has 0 heterocycles. The van der Waals surface area contributed by atoms with Crippen LogP contribution < -0.4 is 5.73 Å². The van der Waals surface area contributed by atoms with Crippen LogP contribution in [0.4, 0.5) is 4.39 Å². The summed E-state index contributed by atoms with van der Waals surface area (Å²) in [6.45, 7) is 0.369. The third-order valence-corrected chi connectivity index (χ3v) is 2.55. The van der Waals surface area contributed by atoms with Crippen molar-refractivity contribution in [1.29, 1.82) is 0 Å². The molecule has 0 bridgehead atoms. The summed E-state index contributed by atoms with van der Waals surface area (Å²) in [5.41, 5.74) is 6.49. The normalized spacial score (nSPS) is 12.4. The molecule has 0 aliphatic rings. The average Bonchev–Trinajstić information content (AvgIpc) is 2.26. The van der Waals surface area contributed by atoms with Crippen LogP contribution in [0.2, 0.25) is 0 Å². The van der Waals surface area contributed by atoms with Crippen molar-refractivity contribution in [2.75, 3.05) is 6.54 Å². The number of carboxylic acid groups (broad SMARTS) is 1. The number of hydrogen-bond donors (Lipinski definition) is 2. The van der Waals surface area contributed by atoms with E-state index in [0.717, 1.165) is 12.0 Å². The van der Waals surface area contributed by atoms with Crippen molar-refractivity contribution in [2.45, 2.75) is 19.3 Å². The Kier molecular flexibility index (Phi) is 4.92. The molecule has 3 nitrogen and oxygen atoms in total. The zero-order valence-corrected chi connectivity index (χ0v) is 9.03. The van der Waals surface area contributed by atoms with Gasteiger partial charge in [0.05, 0.1) is 0 Å². The van der Waals surface area contributed by atoms with E-state index < -0.39 is 5.97 Å². The van der Waals surface area contributed by atoms with Crippen LogP contribution in [0, 0.1) is 11.7 Å². The molecule has 0 amide bonds. The van der Waals surface area contributed by atoms with Crippen molar-refractivity contribution in [2.24, 2.45) is 11.7 Å². The fraction of sp³-hybridized carbons (Fsp3) is 0.417. The van der Waals surface area contributed by atoms with E-state index in [1.54, 1.807) is 12.1 Å². The van der Waals surface area contributed by atoms with Crippen LogP contribution >= 0.6 is 0 Å². The Balaban J connectivity index is 2.43. The molecule has 0 radical (unpaired) electrons. The summed E-state index contributed by atoms with van der Waals surface area (Å²) >= 11 is 0. The van der Waals surface area contributed by atoms with Gasteiger partial charge in [-0.05, 0) is 43.0 Å². The molecule has 0 saturated carbocycles. The Hall–Kier alpha value is -1.42. The molecule has 88 valence electrons. The van der Waals surface area contributed by atoms with Crippen LogP contribution in [-0.4, -0.2) is 17.6 Å². The topological polar surface area (TPSA) is 63.3 Å². The lowest BCUT2D eigenvalue weighted by atomic mass is 9.97. The Morgan fingerprint density at radius 2 is 2.00 bits per heavy atom. The minimum atomic E-state index is -0.824. The maximum atomic E-state index is 12.6. The molecule has 1 aromatic rings. The van der Waals surface area contributed by atoms with Gasteiger partial charge >= 0.3 is 5.97 Å². The first-order chi connectivity index (χ1) is 7.61. The van der Waals surface area contributed by atoms with Crippen molar-refractivity contribution < 1.29 is 14.3 Å². The number of carbonyl (C=O) groups is 1. The van der Waals surface area contributed by atoms with Crippen molar-refractivity contribution in [3.63, 3.8) is 0 Å². The summed E-state index contributed by atoms with van der Waals surface area (Å²) in [5.74, 6) is -1.10. The van der Waals surface area contributed by atoms with Crippen molar-refractivity contribution in [1.82, 2.24) is 0 Å². The standard InChI is InChI=1S/C12H16FNO2/c13-11-5-3-9(4-6-11)1-2-10(8-14)7-12(15)16/h3-6,10H,1-2,7-8,14H2,(H,15,16). The Bertz CT molecular complexity index is 337. The summed E-state index contributed by atoms with van der Waals surface area (Å²) in [5, 5.41) is 8.64. The van der Waals surface area contributed by atoms with E-state index in [1.807, 2.05) is 0 Å². The predicted octanol–water partition coefficient (Wildman–Crippen LogP) is 1.81. The first-order valence-corrected chi connectivity index (χ1v) is 5.28. The summed E-state index contributed by atoms with van der Waals surface area (Å²) in [6, 6.07) is 6.24. The Morgan fingerprint density at radius 3 is 2.50 bits per heavy atom. The SMILES string of the molecule is NCC(CCc1ccc(F)cc1)CC(=O)O. The molecule has 0 saturated heterocycles. The lowest BCUT2D eigenvalue weighted by molar-refractivity contribution is -0.138. The largest absolute Gasteiger partial charge is 0.481 e. The highest BCUT2D eigenvalue weighted by Gasteiger charge is 2.11. The highest BCUT2D eigenvalue weighted by molar-refractivity contribution is 5.67. The number of aryl methyl sites for hydroxylation is 1. The van der Waals surface area contributed by atoms with Crippen LogP contribution in [-0.2, 0) is 11.2 Å². The lowest BCUT2D eigenvalue weighted by Crippen LogP contribution is -2.18. The molecule has 16 heavy (non-hydrogen) atoms. The fourth-order valence-corrected chi connectivity index (χ4v) is 1.57. The van der Waals surface area contributed by atoms with Gasteiger partial charge in [0.15, 0.2) is 0 Å². The van der Waals surface area contributed by atoms with Crippen molar-refractivity contribution in [3.8, 4) is 0 Å². The molecule has 0 aliphatic carbocycles. The van der Waals surface area contributed by atoms with Crippen LogP contribution in [0.3, 0.4) is 0 Å². The number of halogens is 1. The third-order valence-electron chi connectivity index (χ3n) is 2.55. The minimum Gasteiger partial charge on any atom is -0.481 e. The Morgan fingerprint density at radius 1 is 1.38 bits per heavy atom. The monoisotopic (exact) mass is 225 g/mol. The smallest absolute Gasteiger partial charge is 0.303 e. The van der Waals surface area contributed by atoms with E-state index in [4.69, 9.17) is 10.8 Å². The van der Waals surface area contributed by atoms with Crippen molar-refractivity contribution in [3.05, 3.63) is 35.6 Å². The second-order valence-electron chi connectivity index (χ2n) is 3.86. The number of carboxylic acids is 1. The summed E-state index contributed by atoms with van der Waals surface area (Å²) in [7, 11) is 0. The van der Waals surface area contributed by atoms with Crippen LogP contribution in [0.5, 0.6) is 0 Å². The van der Waals surface area contributed by atoms with E-state index in [2.05, 4.69) is 0 Å². The summed E-state index contributed by atoms with van der Waals surface area (Å²) in [6.07, 6.45) is 1.54. The first-order valence-electron chi connectivity index (χ1n) is 5.28. The molecule has 1 aromatic carbocycles. The van der Waals surface area contributed by atoms with Gasteiger partial charge in [0.25, 0.3) is 0 Å². The fourth-order valence-electron chi connectivity index (χ4n) is 1.57. The molecule has 1 unspecified atom stereocenters. The molecule has 1 rings (SSSR count). The van der Waals surface area contributed by atoms with E-state index >= 15 is 0 Å². The molecule has 0 fully saturated rings. The van der Waals surface area contributed by atoms with Gasteiger partial charge in [-0.3, -0.25) is 4.79 Å². The van der Waals surface area contributed by atoms with E-state index in [1.165, 1.54) is 12.1 Å².